The molecule has 2 aromatic rings. The van der Waals surface area contributed by atoms with Crippen LogP contribution in [0.1, 0.15) is 0 Å². The standard InChI is InChI=1S/C17H18F3N5O3S/c1-3-8-25-14(11-6-4-5-7-12(11)28-2)23-24-16(25)29-9-13(26)22-15(27)21-10-17(18,19)20/h3-7H,1,8-10H2,2H3,(H2,21,22,26,27). The molecule has 156 valence electrons. The summed E-state index contributed by atoms with van der Waals surface area (Å²) in [7, 11) is 1.52. The third-order valence-electron chi connectivity index (χ3n) is 3.41. The second kappa shape index (κ2) is 9.96. The van der Waals surface area contributed by atoms with Gasteiger partial charge in [0.2, 0.25) is 5.91 Å². The summed E-state index contributed by atoms with van der Waals surface area (Å²) >= 11 is 0.976. The van der Waals surface area contributed by atoms with Crippen LogP contribution in [-0.4, -0.2) is 52.3 Å². The van der Waals surface area contributed by atoms with Crippen molar-refractivity contribution in [2.24, 2.45) is 0 Å². The minimum Gasteiger partial charge on any atom is -0.496 e. The maximum absolute atomic E-state index is 12.1. The fraction of sp³-hybridized carbons (Fsp3) is 0.294. The Morgan fingerprint density at radius 1 is 1.31 bits per heavy atom. The number of urea groups is 1. The van der Waals surface area contributed by atoms with E-state index in [0.29, 0.717) is 28.8 Å². The SMILES string of the molecule is C=CCn1c(SCC(=O)NC(=O)NCC(F)(F)F)nnc1-c1ccccc1OC. The molecule has 0 spiro atoms. The zero-order valence-corrected chi connectivity index (χ0v) is 16.1. The van der Waals surface area contributed by atoms with Crippen LogP contribution in [0.3, 0.4) is 0 Å². The van der Waals surface area contributed by atoms with Crippen LogP contribution < -0.4 is 15.4 Å². The summed E-state index contributed by atoms with van der Waals surface area (Å²) in [6.45, 7) is 2.50. The van der Waals surface area contributed by atoms with E-state index < -0.39 is 24.7 Å². The molecule has 2 N–H and O–H groups in total. The molecule has 1 aromatic heterocycles. The largest absolute Gasteiger partial charge is 0.496 e. The van der Waals surface area contributed by atoms with Gasteiger partial charge in [0, 0.05) is 6.54 Å². The maximum atomic E-state index is 12.1. The van der Waals surface area contributed by atoms with Gasteiger partial charge in [-0.15, -0.1) is 16.8 Å². The molecule has 0 unspecified atom stereocenters. The molecule has 0 aliphatic rings. The number of methoxy groups -OCH3 is 1. The number of nitrogens with one attached hydrogen (secondary N) is 2. The summed E-state index contributed by atoms with van der Waals surface area (Å²) < 4.78 is 43.2. The molecule has 29 heavy (non-hydrogen) atoms. The van der Waals surface area contributed by atoms with Crippen molar-refractivity contribution >= 4 is 23.7 Å². The highest BCUT2D eigenvalue weighted by atomic mass is 32.2. The van der Waals surface area contributed by atoms with E-state index >= 15 is 0 Å². The molecule has 0 bridgehead atoms. The predicted octanol–water partition coefficient (Wildman–Crippen LogP) is 2.62. The van der Waals surface area contributed by atoms with Crippen molar-refractivity contribution in [2.45, 2.75) is 17.9 Å². The molecule has 12 heteroatoms. The first-order valence-electron chi connectivity index (χ1n) is 8.20. The number of nitrogens with zero attached hydrogens (tertiary/aromatic N) is 3. The highest BCUT2D eigenvalue weighted by Gasteiger charge is 2.28. The smallest absolute Gasteiger partial charge is 0.405 e. The number of carbonyl (C=O) groups is 2. The Labute approximate surface area is 168 Å². The molecule has 0 saturated carbocycles. The van der Waals surface area contributed by atoms with Crippen molar-refractivity contribution in [1.82, 2.24) is 25.4 Å². The molecule has 8 nitrogen and oxygen atoms in total. The number of benzene rings is 1. The van der Waals surface area contributed by atoms with Gasteiger partial charge in [-0.25, -0.2) is 4.79 Å². The number of carbonyl (C=O) groups excluding carboxylic acids is 2. The highest BCUT2D eigenvalue weighted by Crippen LogP contribution is 2.30. The van der Waals surface area contributed by atoms with Crippen molar-refractivity contribution in [3.05, 3.63) is 36.9 Å². The topological polar surface area (TPSA) is 98.1 Å². The second-order valence-electron chi connectivity index (χ2n) is 5.54. The van der Waals surface area contributed by atoms with Crippen LogP contribution in [0.2, 0.25) is 0 Å². The van der Waals surface area contributed by atoms with Gasteiger partial charge in [0.25, 0.3) is 0 Å². The molecule has 0 fully saturated rings. The number of ether oxygens (including phenoxy) is 1. The fourth-order valence-corrected chi connectivity index (χ4v) is 2.98. The average Bonchev–Trinajstić information content (AvgIpc) is 3.07. The van der Waals surface area contributed by atoms with Gasteiger partial charge in [0.05, 0.1) is 18.4 Å². The van der Waals surface area contributed by atoms with Gasteiger partial charge in [0.1, 0.15) is 12.3 Å². The van der Waals surface area contributed by atoms with Gasteiger partial charge in [-0.05, 0) is 12.1 Å². The number of alkyl halides is 3. The van der Waals surface area contributed by atoms with Crippen LogP contribution in [0.25, 0.3) is 11.4 Å². The third-order valence-corrected chi connectivity index (χ3v) is 4.38. The lowest BCUT2D eigenvalue weighted by Gasteiger charge is -2.11. The first-order valence-corrected chi connectivity index (χ1v) is 9.18. The minimum atomic E-state index is -4.56. The summed E-state index contributed by atoms with van der Waals surface area (Å²) in [5.41, 5.74) is 0.687. The number of aromatic nitrogens is 3. The summed E-state index contributed by atoms with van der Waals surface area (Å²) in [6.07, 6.45) is -2.94. The Bertz CT molecular complexity index is 885. The summed E-state index contributed by atoms with van der Waals surface area (Å²) in [5.74, 6) is 0.0522. The van der Waals surface area contributed by atoms with Gasteiger partial charge in [0.15, 0.2) is 11.0 Å². The average molecular weight is 429 g/mol. The van der Waals surface area contributed by atoms with Crippen LogP contribution in [-0.2, 0) is 11.3 Å². The zero-order chi connectivity index (χ0) is 21.4. The molecule has 2 rings (SSSR count). The number of allylic oxidation sites excluding steroid dienone is 1. The Kier molecular flexibility index (Phi) is 7.65. The van der Waals surface area contributed by atoms with E-state index in [0.717, 1.165) is 11.8 Å². The Morgan fingerprint density at radius 3 is 2.69 bits per heavy atom. The molecule has 0 atom stereocenters. The number of hydrogen-bond donors (Lipinski definition) is 2. The van der Waals surface area contributed by atoms with Crippen molar-refractivity contribution in [2.75, 3.05) is 19.4 Å². The van der Waals surface area contributed by atoms with Crippen molar-refractivity contribution in [1.29, 1.82) is 0 Å². The van der Waals surface area contributed by atoms with Crippen molar-refractivity contribution in [3.8, 4) is 17.1 Å². The Hall–Kier alpha value is -3.02. The lowest BCUT2D eigenvalue weighted by molar-refractivity contribution is -0.124. The quantitative estimate of drug-likeness (QED) is 0.495. The number of thioether (sulfide) groups is 1. The van der Waals surface area contributed by atoms with E-state index in [1.165, 1.54) is 7.11 Å². The fourth-order valence-electron chi connectivity index (χ4n) is 2.24. The zero-order valence-electron chi connectivity index (χ0n) is 15.3. The number of hydrogen-bond acceptors (Lipinski definition) is 6. The summed E-state index contributed by atoms with van der Waals surface area (Å²) in [4.78, 5) is 23.2. The van der Waals surface area contributed by atoms with E-state index in [9.17, 15) is 22.8 Å². The van der Waals surface area contributed by atoms with Crippen LogP contribution >= 0.6 is 11.8 Å². The predicted molar refractivity (Wildman–Crippen MR) is 101 cm³/mol. The first-order chi connectivity index (χ1) is 13.7. The molecule has 3 amide bonds. The summed E-state index contributed by atoms with van der Waals surface area (Å²) in [6, 6.07) is 5.96. The van der Waals surface area contributed by atoms with Crippen LogP contribution in [0.15, 0.2) is 42.1 Å². The van der Waals surface area contributed by atoms with Crippen LogP contribution in [0.4, 0.5) is 18.0 Å². The van der Waals surface area contributed by atoms with Gasteiger partial charge < -0.3 is 10.1 Å². The van der Waals surface area contributed by atoms with E-state index in [2.05, 4.69) is 16.8 Å². The first kappa shape index (κ1) is 22.3. The van der Waals surface area contributed by atoms with E-state index in [-0.39, 0.29) is 5.75 Å². The number of rotatable bonds is 8. The molecule has 0 aliphatic heterocycles. The van der Waals surface area contributed by atoms with Gasteiger partial charge in [-0.1, -0.05) is 30.0 Å². The van der Waals surface area contributed by atoms with E-state index in [1.807, 2.05) is 11.4 Å². The highest BCUT2D eigenvalue weighted by molar-refractivity contribution is 7.99. The molecular weight excluding hydrogens is 411 g/mol. The van der Waals surface area contributed by atoms with E-state index in [1.54, 1.807) is 34.2 Å². The van der Waals surface area contributed by atoms with Crippen LogP contribution in [0.5, 0.6) is 5.75 Å². The Morgan fingerprint density at radius 2 is 2.03 bits per heavy atom. The van der Waals surface area contributed by atoms with Crippen molar-refractivity contribution < 1.29 is 27.5 Å². The summed E-state index contributed by atoms with van der Waals surface area (Å²) in [5, 5.41) is 11.9. The second-order valence-corrected chi connectivity index (χ2v) is 6.48. The third kappa shape index (κ3) is 6.52. The number of amides is 3. The number of halogens is 3. The molecule has 1 aromatic carbocycles. The minimum absolute atomic E-state index is 0.249. The molecule has 0 aliphatic carbocycles. The monoisotopic (exact) mass is 429 g/mol. The molecule has 0 saturated heterocycles. The normalized spacial score (nSPS) is 11.0. The van der Waals surface area contributed by atoms with Gasteiger partial charge >= 0.3 is 12.2 Å². The lowest BCUT2D eigenvalue weighted by Crippen LogP contribution is -2.43. The molecule has 1 heterocycles. The van der Waals surface area contributed by atoms with Gasteiger partial charge in [-0.2, -0.15) is 13.2 Å². The van der Waals surface area contributed by atoms with E-state index in [4.69, 9.17) is 4.74 Å². The van der Waals surface area contributed by atoms with Crippen LogP contribution in [0, 0.1) is 0 Å². The Balaban J connectivity index is 2.06. The van der Waals surface area contributed by atoms with Gasteiger partial charge in [-0.3, -0.25) is 14.7 Å². The maximum Gasteiger partial charge on any atom is 0.405 e. The number of para-hydroxylation sites is 1. The van der Waals surface area contributed by atoms with Crippen molar-refractivity contribution in [3.63, 3.8) is 0 Å². The molecular formula is C17H18F3N5O3S. The number of imide groups is 1. The molecule has 0 radical (unpaired) electrons. The lowest BCUT2D eigenvalue weighted by atomic mass is 10.2.